The molecule has 8 heteroatoms. The lowest BCUT2D eigenvalue weighted by atomic mass is 10.2. The van der Waals surface area contributed by atoms with Crippen molar-refractivity contribution >= 4 is 33.0 Å². The van der Waals surface area contributed by atoms with Crippen molar-refractivity contribution in [3.8, 4) is 5.75 Å². The van der Waals surface area contributed by atoms with E-state index in [0.29, 0.717) is 17.9 Å². The molecule has 1 heterocycles. The molecule has 0 aliphatic carbocycles. The summed E-state index contributed by atoms with van der Waals surface area (Å²) in [6.07, 6.45) is 4.23. The minimum Gasteiger partial charge on any atom is -0.497 e. The molecule has 0 saturated carbocycles. The fraction of sp³-hybridized carbons (Fsp3) is 0.409. The molecule has 0 unspecified atom stereocenters. The van der Waals surface area contributed by atoms with Gasteiger partial charge in [0.15, 0.2) is 0 Å². The predicted molar refractivity (Wildman–Crippen MR) is 121 cm³/mol. The van der Waals surface area contributed by atoms with E-state index in [1.54, 1.807) is 24.3 Å². The number of anilines is 3. The molecule has 1 aliphatic heterocycles. The van der Waals surface area contributed by atoms with Crippen molar-refractivity contribution in [2.24, 2.45) is 0 Å². The zero-order chi connectivity index (χ0) is 21.6. The van der Waals surface area contributed by atoms with Crippen molar-refractivity contribution in [3.05, 3.63) is 48.5 Å². The molecule has 1 fully saturated rings. The van der Waals surface area contributed by atoms with Gasteiger partial charge in [-0.2, -0.15) is 0 Å². The highest BCUT2D eigenvalue weighted by molar-refractivity contribution is 7.92. The van der Waals surface area contributed by atoms with Crippen LogP contribution in [0.5, 0.6) is 5.75 Å². The molecule has 1 N–H and O–H groups in total. The Bertz CT molecular complexity index is 955. The second-order valence-electron chi connectivity index (χ2n) is 7.43. The number of rotatable bonds is 9. The van der Waals surface area contributed by atoms with Gasteiger partial charge in [0.25, 0.3) is 0 Å². The van der Waals surface area contributed by atoms with Crippen LogP contribution in [-0.4, -0.2) is 47.3 Å². The minimum absolute atomic E-state index is 0.136. The summed E-state index contributed by atoms with van der Waals surface area (Å²) in [5, 5.41) is 2.88. The number of methoxy groups -OCH3 is 1. The summed E-state index contributed by atoms with van der Waals surface area (Å²) in [6.45, 7) is 2.37. The molecule has 2 aromatic carbocycles. The highest BCUT2D eigenvalue weighted by atomic mass is 32.2. The number of carbonyl (C=O) groups excluding carboxylic acids is 1. The van der Waals surface area contributed by atoms with Crippen molar-refractivity contribution in [2.45, 2.75) is 25.7 Å². The molecule has 1 saturated heterocycles. The van der Waals surface area contributed by atoms with Crippen LogP contribution in [0.1, 0.15) is 25.7 Å². The Labute approximate surface area is 178 Å². The summed E-state index contributed by atoms with van der Waals surface area (Å²) in [5.41, 5.74) is 2.44. The molecule has 30 heavy (non-hydrogen) atoms. The van der Waals surface area contributed by atoms with Crippen LogP contribution in [-0.2, 0) is 14.8 Å². The van der Waals surface area contributed by atoms with Crippen LogP contribution < -0.4 is 19.3 Å². The van der Waals surface area contributed by atoms with E-state index in [-0.39, 0.29) is 18.9 Å². The number of nitrogens with one attached hydrogen (secondary N) is 1. The Morgan fingerprint density at radius 3 is 2.47 bits per heavy atom. The Kier molecular flexibility index (Phi) is 7.20. The van der Waals surface area contributed by atoms with Gasteiger partial charge >= 0.3 is 0 Å². The first-order valence-electron chi connectivity index (χ1n) is 10.1. The molecule has 7 nitrogen and oxygen atoms in total. The third-order valence-corrected chi connectivity index (χ3v) is 6.32. The average Bonchev–Trinajstić information content (AvgIpc) is 3.26. The Morgan fingerprint density at radius 2 is 1.83 bits per heavy atom. The van der Waals surface area contributed by atoms with Crippen LogP contribution in [0.4, 0.5) is 17.1 Å². The Hall–Kier alpha value is -2.74. The number of hydrogen-bond acceptors (Lipinski definition) is 5. The van der Waals surface area contributed by atoms with Crippen LogP contribution in [0.15, 0.2) is 48.5 Å². The molecule has 2 aromatic rings. The first-order chi connectivity index (χ1) is 14.4. The molecule has 0 bridgehead atoms. The van der Waals surface area contributed by atoms with E-state index < -0.39 is 10.0 Å². The molecular formula is C22H29N3O4S. The van der Waals surface area contributed by atoms with Crippen LogP contribution in [0, 0.1) is 0 Å². The lowest BCUT2D eigenvalue weighted by Crippen LogP contribution is -2.31. The van der Waals surface area contributed by atoms with Gasteiger partial charge in [-0.05, 0) is 55.7 Å². The average molecular weight is 432 g/mol. The second kappa shape index (κ2) is 9.84. The van der Waals surface area contributed by atoms with Crippen LogP contribution in [0.25, 0.3) is 0 Å². The van der Waals surface area contributed by atoms with Gasteiger partial charge in [-0.15, -0.1) is 0 Å². The number of nitrogens with zero attached hydrogens (tertiary/aromatic N) is 2. The summed E-state index contributed by atoms with van der Waals surface area (Å²) >= 11 is 0. The number of benzene rings is 2. The first kappa shape index (κ1) is 22.0. The van der Waals surface area contributed by atoms with E-state index in [1.807, 2.05) is 24.3 Å². The lowest BCUT2D eigenvalue weighted by molar-refractivity contribution is -0.116. The van der Waals surface area contributed by atoms with Gasteiger partial charge in [0.1, 0.15) is 5.75 Å². The summed E-state index contributed by atoms with van der Waals surface area (Å²) in [5.74, 6) is 0.444. The standard InChI is InChI=1S/C22H29N3O4S/c1-29-21-8-5-7-20(17-21)25(30(2,27)28)16-6-9-22(26)23-18-10-12-19(13-11-18)24-14-3-4-15-24/h5,7-8,10-13,17H,3-4,6,9,14-16H2,1-2H3,(H,23,26). The molecule has 0 atom stereocenters. The third-order valence-electron chi connectivity index (χ3n) is 5.13. The molecule has 0 aromatic heterocycles. The molecule has 1 amide bonds. The van der Waals surface area contributed by atoms with Gasteiger partial charge in [-0.25, -0.2) is 8.42 Å². The summed E-state index contributed by atoms with van der Waals surface area (Å²) in [7, 11) is -1.94. The Balaban J connectivity index is 1.54. The first-order valence-corrected chi connectivity index (χ1v) is 12.0. The second-order valence-corrected chi connectivity index (χ2v) is 9.34. The van der Waals surface area contributed by atoms with Crippen molar-refractivity contribution < 1.29 is 17.9 Å². The van der Waals surface area contributed by atoms with Gasteiger partial charge < -0.3 is 15.0 Å². The number of ether oxygens (including phenoxy) is 1. The lowest BCUT2D eigenvalue weighted by Gasteiger charge is -2.22. The van der Waals surface area contributed by atoms with Crippen LogP contribution >= 0.6 is 0 Å². The normalized spacial score (nSPS) is 13.9. The topological polar surface area (TPSA) is 79.0 Å². The fourth-order valence-electron chi connectivity index (χ4n) is 3.59. The van der Waals surface area contributed by atoms with Gasteiger partial charge in [0.05, 0.1) is 19.1 Å². The number of hydrogen-bond donors (Lipinski definition) is 1. The molecular weight excluding hydrogens is 402 g/mol. The van der Waals surface area contributed by atoms with Crippen LogP contribution in [0.3, 0.4) is 0 Å². The predicted octanol–water partition coefficient (Wildman–Crippen LogP) is 3.48. The van der Waals surface area contributed by atoms with Gasteiger partial charge in [0, 0.05) is 43.5 Å². The van der Waals surface area contributed by atoms with Gasteiger partial charge in [-0.1, -0.05) is 6.07 Å². The maximum absolute atomic E-state index is 12.3. The number of amides is 1. The van der Waals surface area contributed by atoms with Crippen molar-refractivity contribution in [1.29, 1.82) is 0 Å². The zero-order valence-corrected chi connectivity index (χ0v) is 18.3. The largest absolute Gasteiger partial charge is 0.497 e. The number of carbonyl (C=O) groups is 1. The van der Waals surface area contributed by atoms with Gasteiger partial charge in [0.2, 0.25) is 15.9 Å². The SMILES string of the molecule is COc1cccc(N(CCCC(=O)Nc2ccc(N3CCCC3)cc2)S(C)(=O)=O)c1. The van der Waals surface area contributed by atoms with Crippen molar-refractivity contribution in [3.63, 3.8) is 0 Å². The van der Waals surface area contributed by atoms with Crippen molar-refractivity contribution in [1.82, 2.24) is 0 Å². The summed E-state index contributed by atoms with van der Waals surface area (Å²) in [6, 6.07) is 14.7. The van der Waals surface area contributed by atoms with E-state index in [1.165, 1.54) is 29.9 Å². The minimum atomic E-state index is -3.47. The van der Waals surface area contributed by atoms with E-state index in [4.69, 9.17) is 4.74 Å². The molecule has 0 radical (unpaired) electrons. The maximum atomic E-state index is 12.3. The molecule has 3 rings (SSSR count). The van der Waals surface area contributed by atoms with Gasteiger partial charge in [-0.3, -0.25) is 9.10 Å². The molecule has 162 valence electrons. The highest BCUT2D eigenvalue weighted by Crippen LogP contribution is 2.24. The third kappa shape index (κ3) is 5.89. The quantitative estimate of drug-likeness (QED) is 0.658. The van der Waals surface area contributed by atoms with E-state index in [2.05, 4.69) is 10.2 Å². The maximum Gasteiger partial charge on any atom is 0.232 e. The van der Waals surface area contributed by atoms with Crippen molar-refractivity contribution in [2.75, 3.05) is 47.5 Å². The Morgan fingerprint density at radius 1 is 1.13 bits per heavy atom. The zero-order valence-electron chi connectivity index (χ0n) is 17.5. The molecule has 1 aliphatic rings. The fourth-order valence-corrected chi connectivity index (χ4v) is 4.55. The number of sulfonamides is 1. The summed E-state index contributed by atoms with van der Waals surface area (Å²) < 4.78 is 30.9. The smallest absolute Gasteiger partial charge is 0.232 e. The van der Waals surface area contributed by atoms with E-state index in [9.17, 15) is 13.2 Å². The van der Waals surface area contributed by atoms with E-state index in [0.717, 1.165) is 25.0 Å². The van der Waals surface area contributed by atoms with Crippen LogP contribution in [0.2, 0.25) is 0 Å². The monoisotopic (exact) mass is 431 g/mol. The van der Waals surface area contributed by atoms with E-state index >= 15 is 0 Å². The summed E-state index contributed by atoms with van der Waals surface area (Å²) in [4.78, 5) is 14.6. The highest BCUT2D eigenvalue weighted by Gasteiger charge is 2.18. The molecule has 0 spiro atoms.